The first-order chi connectivity index (χ1) is 5.83. The Bertz CT molecular complexity index is 210. The van der Waals surface area contributed by atoms with Crippen LogP contribution in [-0.2, 0) is 0 Å². The molecule has 0 fully saturated rings. The highest BCUT2D eigenvalue weighted by Gasteiger charge is 1.97. The number of hydrogen-bond acceptors (Lipinski definition) is 2. The number of rotatable bonds is 4. The fourth-order valence-corrected chi connectivity index (χ4v) is 1.54. The van der Waals surface area contributed by atoms with Crippen molar-refractivity contribution >= 4 is 11.9 Å². The quantitative estimate of drug-likeness (QED) is 0.716. The third-order valence-corrected chi connectivity index (χ3v) is 2.76. The fraction of sp³-hybridized carbons (Fsp3) is 0.400. The number of hydrogen-bond donors (Lipinski definition) is 1. The van der Waals surface area contributed by atoms with Crippen LogP contribution < -0.4 is 4.72 Å². The largest absolute Gasteiger partial charge is 0.257 e. The summed E-state index contributed by atoms with van der Waals surface area (Å²) >= 11 is 1.70. The second kappa shape index (κ2) is 5.22. The predicted octanol–water partition coefficient (Wildman–Crippen LogP) is 3.08. The molecule has 1 rings (SSSR count). The monoisotopic (exact) mass is 181 g/mol. The molecule has 0 spiro atoms. The SMILES string of the molecule is CCC(C)NSc1ccccc1. The molecule has 1 aromatic rings. The zero-order valence-electron chi connectivity index (χ0n) is 7.58. The molecule has 0 aliphatic rings. The lowest BCUT2D eigenvalue weighted by atomic mass is 10.3. The minimum absolute atomic E-state index is 0.579. The van der Waals surface area contributed by atoms with Crippen LogP contribution in [0.15, 0.2) is 35.2 Å². The normalized spacial score (nSPS) is 12.8. The highest BCUT2D eigenvalue weighted by molar-refractivity contribution is 7.97. The van der Waals surface area contributed by atoms with E-state index in [4.69, 9.17) is 0 Å². The van der Waals surface area contributed by atoms with Crippen molar-refractivity contribution in [1.29, 1.82) is 0 Å². The van der Waals surface area contributed by atoms with Gasteiger partial charge in [-0.25, -0.2) is 0 Å². The Hall–Kier alpha value is -0.470. The zero-order valence-corrected chi connectivity index (χ0v) is 8.40. The Labute approximate surface area is 78.7 Å². The first-order valence-corrected chi connectivity index (χ1v) is 5.12. The Morgan fingerprint density at radius 3 is 2.58 bits per heavy atom. The molecule has 0 aliphatic carbocycles. The summed E-state index contributed by atoms with van der Waals surface area (Å²) in [6.07, 6.45) is 1.17. The minimum atomic E-state index is 0.579. The highest BCUT2D eigenvalue weighted by atomic mass is 32.2. The van der Waals surface area contributed by atoms with Gasteiger partial charge in [-0.3, -0.25) is 4.72 Å². The molecule has 66 valence electrons. The van der Waals surface area contributed by atoms with Crippen molar-refractivity contribution in [3.63, 3.8) is 0 Å². The molecule has 0 radical (unpaired) electrons. The first-order valence-electron chi connectivity index (χ1n) is 4.30. The molecule has 1 atom stereocenters. The van der Waals surface area contributed by atoms with E-state index in [0.717, 1.165) is 0 Å². The van der Waals surface area contributed by atoms with Crippen LogP contribution in [0.1, 0.15) is 20.3 Å². The van der Waals surface area contributed by atoms with Gasteiger partial charge in [-0.1, -0.05) is 25.1 Å². The van der Waals surface area contributed by atoms with Crippen molar-refractivity contribution in [2.75, 3.05) is 0 Å². The second-order valence-electron chi connectivity index (χ2n) is 2.84. The Kier molecular flexibility index (Phi) is 4.19. The van der Waals surface area contributed by atoms with E-state index in [-0.39, 0.29) is 0 Å². The van der Waals surface area contributed by atoms with E-state index >= 15 is 0 Å². The summed E-state index contributed by atoms with van der Waals surface area (Å²) < 4.78 is 3.37. The van der Waals surface area contributed by atoms with Gasteiger partial charge >= 0.3 is 0 Å². The maximum absolute atomic E-state index is 3.37. The molecule has 0 saturated carbocycles. The fourth-order valence-electron chi connectivity index (χ4n) is 0.741. The summed E-state index contributed by atoms with van der Waals surface area (Å²) in [5, 5.41) is 0. The van der Waals surface area contributed by atoms with Crippen molar-refractivity contribution in [3.05, 3.63) is 30.3 Å². The summed E-state index contributed by atoms with van der Waals surface area (Å²) in [6, 6.07) is 10.9. The molecular formula is C10H15NS. The second-order valence-corrected chi connectivity index (χ2v) is 3.75. The molecule has 0 bridgehead atoms. The van der Waals surface area contributed by atoms with Crippen molar-refractivity contribution in [1.82, 2.24) is 4.72 Å². The molecule has 1 unspecified atom stereocenters. The van der Waals surface area contributed by atoms with Crippen molar-refractivity contribution in [2.24, 2.45) is 0 Å². The first kappa shape index (κ1) is 9.62. The average Bonchev–Trinajstić information content (AvgIpc) is 2.16. The molecular weight excluding hydrogens is 166 g/mol. The van der Waals surface area contributed by atoms with E-state index in [1.165, 1.54) is 11.3 Å². The molecule has 1 N–H and O–H groups in total. The lowest BCUT2D eigenvalue weighted by Crippen LogP contribution is -2.16. The van der Waals surface area contributed by atoms with Crippen LogP contribution in [0.5, 0.6) is 0 Å². The summed E-state index contributed by atoms with van der Waals surface area (Å²) in [6.45, 7) is 4.37. The highest BCUT2D eigenvalue weighted by Crippen LogP contribution is 2.14. The van der Waals surface area contributed by atoms with Crippen LogP contribution in [0.2, 0.25) is 0 Å². The molecule has 2 heteroatoms. The summed E-state index contributed by atoms with van der Waals surface area (Å²) in [4.78, 5) is 1.28. The van der Waals surface area contributed by atoms with Crippen LogP contribution in [0.25, 0.3) is 0 Å². The van der Waals surface area contributed by atoms with Gasteiger partial charge in [0.25, 0.3) is 0 Å². The van der Waals surface area contributed by atoms with Crippen LogP contribution >= 0.6 is 11.9 Å². The van der Waals surface area contributed by atoms with Crippen molar-refractivity contribution in [2.45, 2.75) is 31.2 Å². The Morgan fingerprint density at radius 2 is 2.00 bits per heavy atom. The molecule has 0 aromatic heterocycles. The predicted molar refractivity (Wildman–Crippen MR) is 55.2 cm³/mol. The van der Waals surface area contributed by atoms with Gasteiger partial charge in [-0.05, 0) is 37.4 Å². The van der Waals surface area contributed by atoms with Crippen LogP contribution in [0, 0.1) is 0 Å². The van der Waals surface area contributed by atoms with E-state index in [1.54, 1.807) is 11.9 Å². The maximum atomic E-state index is 3.37. The van der Waals surface area contributed by atoms with Gasteiger partial charge in [0.05, 0.1) is 0 Å². The topological polar surface area (TPSA) is 12.0 Å². The van der Waals surface area contributed by atoms with E-state index in [9.17, 15) is 0 Å². The third-order valence-electron chi connectivity index (χ3n) is 1.73. The molecule has 0 saturated heterocycles. The van der Waals surface area contributed by atoms with Gasteiger partial charge in [0, 0.05) is 10.9 Å². The van der Waals surface area contributed by atoms with Crippen LogP contribution in [0.3, 0.4) is 0 Å². The van der Waals surface area contributed by atoms with Crippen LogP contribution in [0.4, 0.5) is 0 Å². The molecule has 1 aromatic carbocycles. The molecule has 1 nitrogen and oxygen atoms in total. The zero-order chi connectivity index (χ0) is 8.81. The van der Waals surface area contributed by atoms with E-state index in [2.05, 4.69) is 42.8 Å². The van der Waals surface area contributed by atoms with Crippen LogP contribution in [-0.4, -0.2) is 6.04 Å². The van der Waals surface area contributed by atoms with Gasteiger partial charge in [-0.2, -0.15) is 0 Å². The van der Waals surface area contributed by atoms with Gasteiger partial charge < -0.3 is 0 Å². The lowest BCUT2D eigenvalue weighted by Gasteiger charge is -2.09. The van der Waals surface area contributed by atoms with E-state index < -0.39 is 0 Å². The Balaban J connectivity index is 2.33. The smallest absolute Gasteiger partial charge is 0.0228 e. The number of benzene rings is 1. The van der Waals surface area contributed by atoms with E-state index in [0.29, 0.717) is 6.04 Å². The minimum Gasteiger partial charge on any atom is -0.257 e. The van der Waals surface area contributed by atoms with Gasteiger partial charge in [0.2, 0.25) is 0 Å². The van der Waals surface area contributed by atoms with E-state index in [1.807, 2.05) is 6.07 Å². The molecule has 0 heterocycles. The van der Waals surface area contributed by atoms with Crippen molar-refractivity contribution in [3.8, 4) is 0 Å². The lowest BCUT2D eigenvalue weighted by molar-refractivity contribution is 0.669. The number of nitrogens with one attached hydrogen (secondary N) is 1. The Morgan fingerprint density at radius 1 is 1.33 bits per heavy atom. The average molecular weight is 181 g/mol. The van der Waals surface area contributed by atoms with Gasteiger partial charge in [-0.15, -0.1) is 0 Å². The summed E-state index contributed by atoms with van der Waals surface area (Å²) in [7, 11) is 0. The van der Waals surface area contributed by atoms with Crippen molar-refractivity contribution < 1.29 is 0 Å². The molecule has 12 heavy (non-hydrogen) atoms. The third kappa shape index (κ3) is 3.28. The molecule has 0 aliphatic heterocycles. The summed E-state index contributed by atoms with van der Waals surface area (Å²) in [5.74, 6) is 0. The maximum Gasteiger partial charge on any atom is 0.0228 e. The summed E-state index contributed by atoms with van der Waals surface area (Å²) in [5.41, 5.74) is 0. The van der Waals surface area contributed by atoms with Gasteiger partial charge in [0.1, 0.15) is 0 Å². The van der Waals surface area contributed by atoms with Gasteiger partial charge in [0.15, 0.2) is 0 Å². The molecule has 0 amide bonds. The standard InChI is InChI=1S/C10H15NS/c1-3-9(2)11-12-10-7-5-4-6-8-10/h4-9,11H,3H2,1-2H3.